The van der Waals surface area contributed by atoms with E-state index in [9.17, 15) is 9.59 Å². The Hall–Kier alpha value is -1.55. The molecule has 4 nitrogen and oxygen atoms in total. The van der Waals surface area contributed by atoms with E-state index in [2.05, 4.69) is 24.5 Å². The number of nitrogens with one attached hydrogen (secondary N) is 2. The van der Waals surface area contributed by atoms with E-state index in [-0.39, 0.29) is 24.4 Å². The monoisotopic (exact) mass is 324 g/mol. The molecule has 0 aliphatic heterocycles. The van der Waals surface area contributed by atoms with Crippen LogP contribution in [0.4, 0.5) is 0 Å². The number of amides is 2. The molecule has 2 N–H and O–H groups in total. The van der Waals surface area contributed by atoms with Gasteiger partial charge in [-0.1, -0.05) is 50.4 Å². The minimum atomic E-state index is -0.340. The predicted octanol–water partition coefficient (Wildman–Crippen LogP) is 3.40. The second-order valence-electron chi connectivity index (χ2n) is 5.96. The number of benzene rings is 1. The highest BCUT2D eigenvalue weighted by atomic mass is 35.5. The van der Waals surface area contributed by atoms with Crippen molar-refractivity contribution in [2.45, 2.75) is 46.1 Å². The smallest absolute Gasteiger partial charge is 0.253 e. The zero-order valence-electron chi connectivity index (χ0n) is 13.5. The minimum Gasteiger partial charge on any atom is -0.352 e. The van der Waals surface area contributed by atoms with Gasteiger partial charge in [0.15, 0.2) is 0 Å². The third kappa shape index (κ3) is 6.94. The van der Waals surface area contributed by atoms with Crippen LogP contribution in [-0.4, -0.2) is 24.4 Å². The molecule has 1 atom stereocenters. The molecule has 0 aromatic heterocycles. The number of carbonyl (C=O) groups is 2. The summed E-state index contributed by atoms with van der Waals surface area (Å²) in [5, 5.41) is 5.85. The second kappa shape index (κ2) is 9.46. The summed E-state index contributed by atoms with van der Waals surface area (Å²) in [7, 11) is 0. The van der Waals surface area contributed by atoms with Gasteiger partial charge in [0.25, 0.3) is 5.91 Å². The van der Waals surface area contributed by atoms with Gasteiger partial charge in [0.05, 0.1) is 17.1 Å². The van der Waals surface area contributed by atoms with Crippen LogP contribution < -0.4 is 10.6 Å². The molecule has 0 radical (unpaired) electrons. The summed E-state index contributed by atoms with van der Waals surface area (Å²) < 4.78 is 0. The highest BCUT2D eigenvalue weighted by Gasteiger charge is 2.12. The highest BCUT2D eigenvalue weighted by molar-refractivity contribution is 6.33. The molecule has 1 rings (SSSR count). The zero-order valence-corrected chi connectivity index (χ0v) is 14.2. The van der Waals surface area contributed by atoms with Crippen LogP contribution in [0.5, 0.6) is 0 Å². The predicted molar refractivity (Wildman–Crippen MR) is 90.1 cm³/mol. The number of rotatable bonds is 8. The summed E-state index contributed by atoms with van der Waals surface area (Å²) in [6, 6.07) is 6.88. The molecule has 0 fully saturated rings. The van der Waals surface area contributed by atoms with Gasteiger partial charge < -0.3 is 10.6 Å². The van der Waals surface area contributed by atoms with Crippen LogP contribution in [0.3, 0.4) is 0 Å². The Balaban J connectivity index is 2.31. The third-order valence-electron chi connectivity index (χ3n) is 3.35. The lowest BCUT2D eigenvalue weighted by Crippen LogP contribution is -2.40. The van der Waals surface area contributed by atoms with E-state index in [0.717, 1.165) is 19.3 Å². The van der Waals surface area contributed by atoms with Crippen molar-refractivity contribution in [2.24, 2.45) is 5.92 Å². The van der Waals surface area contributed by atoms with Crippen LogP contribution in [0.1, 0.15) is 50.4 Å². The normalized spacial score (nSPS) is 12.0. The first-order valence-corrected chi connectivity index (χ1v) is 8.10. The van der Waals surface area contributed by atoms with Gasteiger partial charge in [-0.05, 0) is 31.4 Å². The summed E-state index contributed by atoms with van der Waals surface area (Å²) in [6.07, 6.45) is 3.19. The molecular formula is C17H25ClN2O2. The molecule has 122 valence electrons. The van der Waals surface area contributed by atoms with E-state index >= 15 is 0 Å². The molecule has 0 spiro atoms. The molecule has 0 saturated carbocycles. The molecule has 0 bridgehead atoms. The van der Waals surface area contributed by atoms with Crippen LogP contribution in [-0.2, 0) is 4.79 Å². The molecule has 0 saturated heterocycles. The van der Waals surface area contributed by atoms with E-state index < -0.39 is 0 Å². The average molecular weight is 325 g/mol. The SMILES string of the molecule is CC(C)CCCC(C)NC(=O)CNC(=O)c1ccccc1Cl. The Morgan fingerprint density at radius 3 is 2.45 bits per heavy atom. The molecule has 2 amide bonds. The molecule has 22 heavy (non-hydrogen) atoms. The van der Waals surface area contributed by atoms with E-state index in [1.165, 1.54) is 0 Å². The van der Waals surface area contributed by atoms with Crippen molar-refractivity contribution in [1.82, 2.24) is 10.6 Å². The lowest BCUT2D eigenvalue weighted by molar-refractivity contribution is -0.120. The van der Waals surface area contributed by atoms with E-state index in [4.69, 9.17) is 11.6 Å². The number of carbonyl (C=O) groups excluding carboxylic acids is 2. The molecule has 1 aromatic carbocycles. The Kier molecular flexibility index (Phi) is 7.96. The summed E-state index contributed by atoms with van der Waals surface area (Å²) in [6.45, 7) is 6.31. The summed E-state index contributed by atoms with van der Waals surface area (Å²) in [5.74, 6) is 0.156. The van der Waals surface area contributed by atoms with E-state index in [1.54, 1.807) is 24.3 Å². The average Bonchev–Trinajstić information content (AvgIpc) is 2.44. The number of halogens is 1. The number of hydrogen-bond donors (Lipinski definition) is 2. The van der Waals surface area contributed by atoms with Crippen LogP contribution in [0.25, 0.3) is 0 Å². The van der Waals surface area contributed by atoms with E-state index in [0.29, 0.717) is 16.5 Å². The van der Waals surface area contributed by atoms with Crippen molar-refractivity contribution >= 4 is 23.4 Å². The maximum atomic E-state index is 11.9. The van der Waals surface area contributed by atoms with Crippen molar-refractivity contribution in [3.8, 4) is 0 Å². The van der Waals surface area contributed by atoms with Gasteiger partial charge in [0, 0.05) is 6.04 Å². The van der Waals surface area contributed by atoms with Crippen molar-refractivity contribution < 1.29 is 9.59 Å². The second-order valence-corrected chi connectivity index (χ2v) is 6.36. The molecule has 0 aliphatic rings. The van der Waals surface area contributed by atoms with Crippen LogP contribution in [0.15, 0.2) is 24.3 Å². The fourth-order valence-electron chi connectivity index (χ4n) is 2.13. The van der Waals surface area contributed by atoms with Crippen molar-refractivity contribution in [3.05, 3.63) is 34.9 Å². The number of hydrogen-bond acceptors (Lipinski definition) is 2. The molecule has 1 aromatic rings. The van der Waals surface area contributed by atoms with Gasteiger partial charge in [-0.3, -0.25) is 9.59 Å². The third-order valence-corrected chi connectivity index (χ3v) is 3.68. The Morgan fingerprint density at radius 1 is 1.14 bits per heavy atom. The fraction of sp³-hybridized carbons (Fsp3) is 0.529. The standard InChI is InChI=1S/C17H25ClN2O2/c1-12(2)7-6-8-13(3)20-16(21)11-19-17(22)14-9-4-5-10-15(14)18/h4-5,9-10,12-13H,6-8,11H2,1-3H3,(H,19,22)(H,20,21). The quantitative estimate of drug-likeness (QED) is 0.770. The summed E-state index contributed by atoms with van der Waals surface area (Å²) >= 11 is 5.94. The summed E-state index contributed by atoms with van der Waals surface area (Å²) in [5.41, 5.74) is 0.377. The van der Waals surface area contributed by atoms with Crippen LogP contribution in [0.2, 0.25) is 5.02 Å². The lowest BCUT2D eigenvalue weighted by Gasteiger charge is -2.15. The molecule has 0 heterocycles. The van der Waals surface area contributed by atoms with Gasteiger partial charge in [-0.15, -0.1) is 0 Å². The Bertz CT molecular complexity index is 503. The van der Waals surface area contributed by atoms with Gasteiger partial charge >= 0.3 is 0 Å². The van der Waals surface area contributed by atoms with Crippen LogP contribution >= 0.6 is 11.6 Å². The van der Waals surface area contributed by atoms with Gasteiger partial charge in [0.1, 0.15) is 0 Å². The maximum absolute atomic E-state index is 11.9. The molecule has 5 heteroatoms. The largest absolute Gasteiger partial charge is 0.352 e. The molecule has 1 unspecified atom stereocenters. The Morgan fingerprint density at radius 2 is 1.82 bits per heavy atom. The maximum Gasteiger partial charge on any atom is 0.253 e. The van der Waals surface area contributed by atoms with Crippen LogP contribution in [0, 0.1) is 5.92 Å². The van der Waals surface area contributed by atoms with Gasteiger partial charge in [0.2, 0.25) is 5.91 Å². The first kappa shape index (κ1) is 18.5. The first-order chi connectivity index (χ1) is 10.4. The van der Waals surface area contributed by atoms with E-state index in [1.807, 2.05) is 6.92 Å². The van der Waals surface area contributed by atoms with Gasteiger partial charge in [-0.2, -0.15) is 0 Å². The fourth-order valence-corrected chi connectivity index (χ4v) is 2.35. The Labute approximate surface area is 137 Å². The minimum absolute atomic E-state index is 0.0431. The van der Waals surface area contributed by atoms with Crippen molar-refractivity contribution in [3.63, 3.8) is 0 Å². The zero-order chi connectivity index (χ0) is 16.5. The lowest BCUT2D eigenvalue weighted by atomic mass is 10.0. The molecular weight excluding hydrogens is 300 g/mol. The van der Waals surface area contributed by atoms with Crippen molar-refractivity contribution in [1.29, 1.82) is 0 Å². The first-order valence-electron chi connectivity index (χ1n) is 7.72. The summed E-state index contributed by atoms with van der Waals surface area (Å²) in [4.78, 5) is 23.7. The molecule has 0 aliphatic carbocycles. The topological polar surface area (TPSA) is 58.2 Å². The highest BCUT2D eigenvalue weighted by Crippen LogP contribution is 2.14. The van der Waals surface area contributed by atoms with Gasteiger partial charge in [-0.25, -0.2) is 0 Å². The van der Waals surface area contributed by atoms with Crippen molar-refractivity contribution in [2.75, 3.05) is 6.54 Å².